The van der Waals surface area contributed by atoms with E-state index in [2.05, 4.69) is 72.8 Å². The van der Waals surface area contributed by atoms with Crippen LogP contribution in [-0.4, -0.2) is 0 Å². The van der Waals surface area contributed by atoms with Crippen molar-refractivity contribution in [2.24, 2.45) is 0 Å². The zero-order valence-electron chi connectivity index (χ0n) is 45.6. The molecule has 0 heterocycles. The summed E-state index contributed by atoms with van der Waals surface area (Å²) in [7, 11) is 0. The zero-order valence-corrected chi connectivity index (χ0v) is 48.7. The first-order valence-electron chi connectivity index (χ1n) is 27.6. The van der Waals surface area contributed by atoms with Gasteiger partial charge in [0, 0.05) is 17.8 Å². The van der Waals surface area contributed by atoms with Gasteiger partial charge in [-0.1, -0.05) is 397 Å². The smallest absolute Gasteiger partial charge is 0.842 e. The predicted octanol–water partition coefficient (Wildman–Crippen LogP) is 15.4. The molecular formula is C78H63CeO3. The quantitative estimate of drug-likeness (QED) is 0.103. The summed E-state index contributed by atoms with van der Waals surface area (Å²) in [6.07, 6.45) is 0. The minimum Gasteiger partial charge on any atom is -0.842 e. The van der Waals surface area contributed by atoms with Crippen LogP contribution in [0.3, 0.4) is 0 Å². The fourth-order valence-electron chi connectivity index (χ4n) is 11.5. The SMILES string of the molecule is [Ce+3].[O-]C(c1ccccc1)(c1ccccc1)C(c1ccccc1)c1ccccc1.[O-]C(c1ccccc1)(c1ccccc1)C(c1ccccc1)c1ccccc1.[O-]C(c1ccccc1)(c1ccccc1)C(c1ccccc1)c1ccccc1. The molecule has 0 saturated heterocycles. The Morgan fingerprint density at radius 1 is 0.159 bits per heavy atom. The molecule has 0 amide bonds. The molecule has 0 spiro atoms. The largest absolute Gasteiger partial charge is 3.00 e. The molecule has 0 bridgehead atoms. The molecule has 3 nitrogen and oxygen atoms in total. The molecule has 0 unspecified atom stereocenters. The van der Waals surface area contributed by atoms with Gasteiger partial charge in [0.2, 0.25) is 0 Å². The number of rotatable bonds is 15. The van der Waals surface area contributed by atoms with Crippen LogP contribution in [-0.2, 0) is 16.8 Å². The van der Waals surface area contributed by atoms with Gasteiger partial charge < -0.3 is 15.3 Å². The molecule has 0 saturated carbocycles. The van der Waals surface area contributed by atoms with Crippen LogP contribution < -0.4 is 15.3 Å². The van der Waals surface area contributed by atoms with Crippen LogP contribution in [0.4, 0.5) is 0 Å². The third-order valence-electron chi connectivity index (χ3n) is 15.2. The van der Waals surface area contributed by atoms with E-state index in [0.717, 1.165) is 66.8 Å². The fourth-order valence-corrected chi connectivity index (χ4v) is 11.5. The van der Waals surface area contributed by atoms with Gasteiger partial charge in [0.1, 0.15) is 0 Å². The molecule has 0 aliphatic rings. The van der Waals surface area contributed by atoms with Gasteiger partial charge in [0.15, 0.2) is 0 Å². The van der Waals surface area contributed by atoms with Crippen molar-refractivity contribution in [2.75, 3.05) is 0 Å². The van der Waals surface area contributed by atoms with E-state index in [1.165, 1.54) is 0 Å². The first kappa shape index (κ1) is 58.5. The van der Waals surface area contributed by atoms with E-state index >= 15 is 0 Å². The Morgan fingerprint density at radius 3 is 0.366 bits per heavy atom. The van der Waals surface area contributed by atoms with E-state index in [-0.39, 0.29) is 59.5 Å². The second-order valence-corrected chi connectivity index (χ2v) is 20.2. The summed E-state index contributed by atoms with van der Waals surface area (Å²) >= 11 is 0. The van der Waals surface area contributed by atoms with Crippen LogP contribution in [0.1, 0.15) is 84.5 Å². The van der Waals surface area contributed by atoms with Crippen molar-refractivity contribution in [2.45, 2.75) is 34.6 Å². The number of benzene rings is 12. The van der Waals surface area contributed by atoms with Crippen molar-refractivity contribution >= 4 is 0 Å². The van der Waals surface area contributed by atoms with Gasteiger partial charge >= 0.3 is 41.7 Å². The Balaban J connectivity index is 0.000000147. The summed E-state index contributed by atoms with van der Waals surface area (Å²) in [5.41, 5.74) is 6.43. The van der Waals surface area contributed by atoms with Gasteiger partial charge in [-0.2, -0.15) is 0 Å². The average Bonchev–Trinajstić information content (AvgIpc) is 3.75. The van der Waals surface area contributed by atoms with Crippen LogP contribution in [0.5, 0.6) is 0 Å². The summed E-state index contributed by atoms with van der Waals surface area (Å²) in [5.74, 6) is -1.03. The molecule has 0 aromatic heterocycles. The Hall–Kier alpha value is -8.10. The summed E-state index contributed by atoms with van der Waals surface area (Å²) in [5, 5.41) is 44.4. The summed E-state index contributed by atoms with van der Waals surface area (Å²) in [6, 6.07) is 119. The van der Waals surface area contributed by atoms with Gasteiger partial charge in [-0.3, -0.25) is 0 Å². The first-order valence-corrected chi connectivity index (χ1v) is 27.6. The normalized spacial score (nSPS) is 11.3. The van der Waals surface area contributed by atoms with Crippen LogP contribution in [0.2, 0.25) is 0 Å². The topological polar surface area (TPSA) is 69.2 Å². The third kappa shape index (κ3) is 13.1. The average molecular weight is 1190 g/mol. The maximum absolute atomic E-state index is 14.8. The van der Waals surface area contributed by atoms with Crippen molar-refractivity contribution in [3.63, 3.8) is 0 Å². The number of hydrogen-bond donors (Lipinski definition) is 0. The minimum atomic E-state index is -1.44. The van der Waals surface area contributed by atoms with Crippen molar-refractivity contribution in [1.29, 1.82) is 0 Å². The second-order valence-electron chi connectivity index (χ2n) is 20.2. The van der Waals surface area contributed by atoms with E-state index in [0.29, 0.717) is 0 Å². The molecular weight excluding hydrogens is 1120 g/mol. The summed E-state index contributed by atoms with van der Waals surface area (Å²) in [4.78, 5) is 0. The van der Waals surface area contributed by atoms with Crippen molar-refractivity contribution < 1.29 is 57.1 Å². The van der Waals surface area contributed by atoms with Gasteiger partial charge in [0.05, 0.1) is 0 Å². The molecule has 0 aliphatic carbocycles. The molecule has 397 valence electrons. The summed E-state index contributed by atoms with van der Waals surface area (Å²) in [6.45, 7) is 0. The molecule has 1 radical (unpaired) electrons. The molecule has 0 aliphatic heterocycles. The maximum atomic E-state index is 14.8. The van der Waals surface area contributed by atoms with Gasteiger partial charge in [-0.25, -0.2) is 0 Å². The molecule has 0 fully saturated rings. The standard InChI is InChI=1S/3C26H21O.Ce/c3*27-26(23-17-9-3-10-18-23,24-19-11-4-12-20-24)25(21-13-5-1-6-14-21)22-15-7-2-8-16-22;/h3*1-20,25H;/q3*-1;+3. The van der Waals surface area contributed by atoms with Crippen LogP contribution in [0, 0.1) is 41.7 Å². The maximum Gasteiger partial charge on any atom is 3.00 e. The summed E-state index contributed by atoms with van der Waals surface area (Å²) < 4.78 is 0. The molecule has 4 heteroatoms. The van der Waals surface area contributed by atoms with E-state index < -0.39 is 16.8 Å². The predicted molar refractivity (Wildman–Crippen MR) is 325 cm³/mol. The Bertz CT molecular complexity index is 3060. The van der Waals surface area contributed by atoms with E-state index in [4.69, 9.17) is 0 Å². The molecule has 12 aromatic carbocycles. The third-order valence-corrected chi connectivity index (χ3v) is 15.2. The monoisotopic (exact) mass is 1190 g/mol. The molecule has 0 atom stereocenters. The van der Waals surface area contributed by atoms with E-state index in [1.807, 2.05) is 291 Å². The van der Waals surface area contributed by atoms with Crippen molar-refractivity contribution in [1.82, 2.24) is 0 Å². The van der Waals surface area contributed by atoms with Crippen molar-refractivity contribution in [3.05, 3.63) is 431 Å². The Kier molecular flexibility index (Phi) is 20.4. The van der Waals surface area contributed by atoms with Crippen molar-refractivity contribution in [3.8, 4) is 0 Å². The molecule has 12 rings (SSSR count). The van der Waals surface area contributed by atoms with Crippen LogP contribution in [0.15, 0.2) is 364 Å². The Morgan fingerprint density at radius 2 is 0.256 bits per heavy atom. The second kappa shape index (κ2) is 28.5. The molecule has 82 heavy (non-hydrogen) atoms. The van der Waals surface area contributed by atoms with Gasteiger partial charge in [-0.15, -0.1) is 0 Å². The van der Waals surface area contributed by atoms with E-state index in [1.54, 1.807) is 0 Å². The van der Waals surface area contributed by atoms with Crippen LogP contribution in [0.25, 0.3) is 0 Å². The fraction of sp³-hybridized carbons (Fsp3) is 0.0769. The first-order chi connectivity index (χ1) is 39.9. The number of hydrogen-bond acceptors (Lipinski definition) is 3. The van der Waals surface area contributed by atoms with Gasteiger partial charge in [0.25, 0.3) is 0 Å². The minimum absolute atomic E-state index is 0. The van der Waals surface area contributed by atoms with Crippen LogP contribution >= 0.6 is 0 Å². The van der Waals surface area contributed by atoms with Gasteiger partial charge in [-0.05, 0) is 50.2 Å². The Labute approximate surface area is 518 Å². The van der Waals surface area contributed by atoms with E-state index in [9.17, 15) is 15.3 Å². The zero-order chi connectivity index (χ0) is 55.6. The molecule has 12 aromatic rings. The molecule has 0 N–H and O–H groups in total.